The third kappa shape index (κ3) is 3.33. The van der Waals surface area contributed by atoms with Crippen molar-refractivity contribution in [2.24, 2.45) is 5.92 Å². The van der Waals surface area contributed by atoms with E-state index in [1.807, 2.05) is 35.2 Å². The van der Waals surface area contributed by atoms with Gasteiger partial charge in [0.25, 0.3) is 0 Å². The normalized spacial score (nSPS) is 21.8. The van der Waals surface area contributed by atoms with Gasteiger partial charge in [0.05, 0.1) is 0 Å². The van der Waals surface area contributed by atoms with E-state index in [1.165, 1.54) is 19.4 Å². The van der Waals surface area contributed by atoms with Crippen molar-refractivity contribution in [3.05, 3.63) is 35.9 Å². The van der Waals surface area contributed by atoms with Gasteiger partial charge in [0, 0.05) is 32.7 Å². The van der Waals surface area contributed by atoms with Crippen LogP contribution in [0.3, 0.4) is 0 Å². The zero-order chi connectivity index (χ0) is 13.9. The van der Waals surface area contributed by atoms with Gasteiger partial charge in [0.15, 0.2) is 0 Å². The van der Waals surface area contributed by atoms with Crippen molar-refractivity contribution in [1.82, 2.24) is 9.80 Å². The number of nitrogens with zero attached hydrogens (tertiary/aromatic N) is 2. The number of amides is 1. The fourth-order valence-electron chi connectivity index (χ4n) is 2.74. The van der Waals surface area contributed by atoms with Gasteiger partial charge in [-0.2, -0.15) is 0 Å². The predicted molar refractivity (Wildman–Crippen MR) is 80.8 cm³/mol. The number of carbonyl (C=O) groups is 1. The molecule has 4 heteroatoms. The summed E-state index contributed by atoms with van der Waals surface area (Å²) in [5.74, 6) is 0.964. The summed E-state index contributed by atoms with van der Waals surface area (Å²) in [6, 6.07) is 9.61. The van der Waals surface area contributed by atoms with Crippen molar-refractivity contribution in [3.63, 3.8) is 0 Å². The van der Waals surface area contributed by atoms with E-state index < -0.39 is 5.38 Å². The number of hydrogen-bond donors (Lipinski definition) is 0. The molecule has 0 bridgehead atoms. The molecule has 1 aromatic carbocycles. The van der Waals surface area contributed by atoms with E-state index in [0.29, 0.717) is 0 Å². The maximum atomic E-state index is 12.4. The molecular formula is C16H21ClN2O. The third-order valence-electron chi connectivity index (χ3n) is 4.21. The lowest BCUT2D eigenvalue weighted by molar-refractivity contribution is -0.132. The lowest BCUT2D eigenvalue weighted by Gasteiger charge is -2.35. The van der Waals surface area contributed by atoms with Gasteiger partial charge in [0.2, 0.25) is 5.91 Å². The summed E-state index contributed by atoms with van der Waals surface area (Å²) in [4.78, 5) is 16.8. The first-order valence-electron chi connectivity index (χ1n) is 7.44. The quantitative estimate of drug-likeness (QED) is 0.796. The average Bonchev–Trinajstić information content (AvgIpc) is 3.31. The zero-order valence-corrected chi connectivity index (χ0v) is 12.4. The lowest BCUT2D eigenvalue weighted by Crippen LogP contribution is -2.49. The molecule has 1 saturated carbocycles. The molecule has 1 atom stereocenters. The number of piperazine rings is 1. The topological polar surface area (TPSA) is 23.6 Å². The first kappa shape index (κ1) is 13.9. The highest BCUT2D eigenvalue weighted by Gasteiger charge is 2.29. The molecule has 2 fully saturated rings. The van der Waals surface area contributed by atoms with E-state index in [1.54, 1.807) is 0 Å². The largest absolute Gasteiger partial charge is 0.339 e. The van der Waals surface area contributed by atoms with Gasteiger partial charge < -0.3 is 4.90 Å². The van der Waals surface area contributed by atoms with Crippen molar-refractivity contribution in [3.8, 4) is 0 Å². The van der Waals surface area contributed by atoms with Crippen LogP contribution in [0.2, 0.25) is 0 Å². The molecule has 0 aromatic heterocycles. The molecule has 108 valence electrons. The molecule has 1 aliphatic heterocycles. The molecule has 1 amide bonds. The van der Waals surface area contributed by atoms with E-state index >= 15 is 0 Å². The average molecular weight is 293 g/mol. The summed E-state index contributed by atoms with van der Waals surface area (Å²) in [6.07, 6.45) is 2.77. The monoisotopic (exact) mass is 292 g/mol. The van der Waals surface area contributed by atoms with Crippen LogP contribution in [-0.4, -0.2) is 48.4 Å². The van der Waals surface area contributed by atoms with Crippen LogP contribution in [0.15, 0.2) is 30.3 Å². The number of benzene rings is 1. The minimum Gasteiger partial charge on any atom is -0.339 e. The van der Waals surface area contributed by atoms with Crippen molar-refractivity contribution >= 4 is 17.5 Å². The van der Waals surface area contributed by atoms with E-state index in [9.17, 15) is 4.79 Å². The smallest absolute Gasteiger partial charge is 0.245 e. The molecule has 0 radical (unpaired) electrons. The summed E-state index contributed by atoms with van der Waals surface area (Å²) in [5, 5.41) is -0.550. The van der Waals surface area contributed by atoms with Crippen LogP contribution in [-0.2, 0) is 4.79 Å². The Hall–Kier alpha value is -1.06. The summed E-state index contributed by atoms with van der Waals surface area (Å²) in [5.41, 5.74) is 0.888. The molecule has 0 N–H and O–H groups in total. The van der Waals surface area contributed by atoms with Crippen LogP contribution < -0.4 is 0 Å². The van der Waals surface area contributed by atoms with Crippen LogP contribution in [0.1, 0.15) is 23.8 Å². The molecule has 1 saturated heterocycles. The van der Waals surface area contributed by atoms with Crippen LogP contribution in [0, 0.1) is 5.92 Å². The molecule has 1 unspecified atom stereocenters. The second-order valence-corrected chi connectivity index (χ2v) is 6.28. The third-order valence-corrected chi connectivity index (χ3v) is 4.64. The van der Waals surface area contributed by atoms with Crippen LogP contribution in [0.25, 0.3) is 0 Å². The van der Waals surface area contributed by atoms with Gasteiger partial charge in [-0.1, -0.05) is 30.3 Å². The maximum Gasteiger partial charge on any atom is 0.245 e. The van der Waals surface area contributed by atoms with Gasteiger partial charge in [-0.05, 0) is 24.3 Å². The maximum absolute atomic E-state index is 12.4. The van der Waals surface area contributed by atoms with Gasteiger partial charge >= 0.3 is 0 Å². The SMILES string of the molecule is O=C(C(Cl)c1ccccc1)N1CCN(CC2CC2)CC1. The second-order valence-electron chi connectivity index (χ2n) is 5.84. The van der Waals surface area contributed by atoms with Gasteiger partial charge in [0.1, 0.15) is 5.38 Å². The molecule has 1 aromatic rings. The number of alkyl halides is 1. The summed E-state index contributed by atoms with van der Waals surface area (Å²) in [6.45, 7) is 4.80. The predicted octanol–water partition coefficient (Wildman–Crippen LogP) is 2.52. The zero-order valence-electron chi connectivity index (χ0n) is 11.7. The Bertz CT molecular complexity index is 453. The van der Waals surface area contributed by atoms with Crippen molar-refractivity contribution in [1.29, 1.82) is 0 Å². The van der Waals surface area contributed by atoms with E-state index in [-0.39, 0.29) is 5.91 Å². The molecule has 3 nitrogen and oxygen atoms in total. The Labute approximate surface area is 125 Å². The molecule has 2 aliphatic rings. The summed E-state index contributed by atoms with van der Waals surface area (Å²) >= 11 is 6.32. The standard InChI is InChI=1S/C16H21ClN2O/c17-15(14-4-2-1-3-5-14)16(20)19-10-8-18(9-11-19)12-13-6-7-13/h1-5,13,15H,6-12H2. The highest BCUT2D eigenvalue weighted by molar-refractivity contribution is 6.30. The highest BCUT2D eigenvalue weighted by Crippen LogP contribution is 2.30. The van der Waals surface area contributed by atoms with Gasteiger partial charge in [-0.3, -0.25) is 9.69 Å². The van der Waals surface area contributed by atoms with Crippen molar-refractivity contribution in [2.75, 3.05) is 32.7 Å². The minimum absolute atomic E-state index is 0.0453. The molecule has 20 heavy (non-hydrogen) atoms. The van der Waals surface area contributed by atoms with Crippen LogP contribution in [0.5, 0.6) is 0 Å². The van der Waals surface area contributed by atoms with E-state index in [0.717, 1.165) is 37.7 Å². The summed E-state index contributed by atoms with van der Waals surface area (Å²) in [7, 11) is 0. The number of carbonyl (C=O) groups excluding carboxylic acids is 1. The Morgan fingerprint density at radius 1 is 1.15 bits per heavy atom. The minimum atomic E-state index is -0.550. The van der Waals surface area contributed by atoms with Gasteiger partial charge in [-0.25, -0.2) is 0 Å². The molecule has 1 heterocycles. The lowest BCUT2D eigenvalue weighted by atomic mass is 10.1. The van der Waals surface area contributed by atoms with E-state index in [4.69, 9.17) is 11.6 Å². The van der Waals surface area contributed by atoms with Crippen LogP contribution >= 0.6 is 11.6 Å². The summed E-state index contributed by atoms with van der Waals surface area (Å²) < 4.78 is 0. The Morgan fingerprint density at radius 3 is 2.40 bits per heavy atom. The first-order valence-corrected chi connectivity index (χ1v) is 7.88. The van der Waals surface area contributed by atoms with Crippen molar-refractivity contribution in [2.45, 2.75) is 18.2 Å². The fraction of sp³-hybridized carbons (Fsp3) is 0.562. The Balaban J connectivity index is 1.53. The molecule has 1 aliphatic carbocycles. The van der Waals surface area contributed by atoms with Crippen LogP contribution in [0.4, 0.5) is 0 Å². The van der Waals surface area contributed by atoms with E-state index in [2.05, 4.69) is 4.90 Å². The van der Waals surface area contributed by atoms with Crippen molar-refractivity contribution < 1.29 is 4.79 Å². The Morgan fingerprint density at radius 2 is 1.80 bits per heavy atom. The van der Waals surface area contributed by atoms with Gasteiger partial charge in [-0.15, -0.1) is 11.6 Å². The first-order chi connectivity index (χ1) is 9.74. The highest BCUT2D eigenvalue weighted by atomic mass is 35.5. The number of halogens is 1. The second kappa shape index (κ2) is 6.15. The molecule has 3 rings (SSSR count). The molecular weight excluding hydrogens is 272 g/mol. The fourth-order valence-corrected chi connectivity index (χ4v) is 3.02. The molecule has 0 spiro atoms. The Kier molecular flexibility index (Phi) is 4.27. The number of rotatable bonds is 4. The number of hydrogen-bond acceptors (Lipinski definition) is 2.